The van der Waals surface area contributed by atoms with Crippen LogP contribution in [0.1, 0.15) is 5.56 Å². The first-order valence-electron chi connectivity index (χ1n) is 7.91. The number of ether oxygens (including phenoxy) is 1. The maximum Gasteiger partial charge on any atom is 0.253 e. The number of phenolic OH excluding ortho intramolecular Hbond substituents is 1. The molecule has 2 aromatic carbocycles. The van der Waals surface area contributed by atoms with Gasteiger partial charge in [-0.1, -0.05) is 23.7 Å². The van der Waals surface area contributed by atoms with Crippen LogP contribution < -0.4 is 10.5 Å². The van der Waals surface area contributed by atoms with Gasteiger partial charge in [-0.15, -0.1) is 0 Å². The van der Waals surface area contributed by atoms with Gasteiger partial charge in [0.15, 0.2) is 11.5 Å². The maximum absolute atomic E-state index is 12.2. The first-order valence-corrected chi connectivity index (χ1v) is 8.29. The number of benzene rings is 2. The zero-order valence-electron chi connectivity index (χ0n) is 13.5. The van der Waals surface area contributed by atoms with Gasteiger partial charge in [0.2, 0.25) is 0 Å². The first kappa shape index (κ1) is 17.5. The Morgan fingerprint density at radius 1 is 1.32 bits per heavy atom. The molecule has 2 aromatic rings. The molecule has 0 aromatic heterocycles. The number of rotatable bonds is 3. The minimum absolute atomic E-state index is 0.00106. The molecular weight excluding hydrogens is 344 g/mol. The molecule has 0 spiro atoms. The van der Waals surface area contributed by atoms with Crippen molar-refractivity contribution in [2.24, 2.45) is 5.73 Å². The second kappa shape index (κ2) is 7.31. The van der Waals surface area contributed by atoms with Crippen LogP contribution in [0.5, 0.6) is 11.5 Å². The Morgan fingerprint density at radius 3 is 2.84 bits per heavy atom. The van der Waals surface area contributed by atoms with Crippen molar-refractivity contribution in [2.45, 2.75) is 12.6 Å². The van der Waals surface area contributed by atoms with Gasteiger partial charge < -0.3 is 25.6 Å². The summed E-state index contributed by atoms with van der Waals surface area (Å²) in [5.41, 5.74) is 7.63. The number of fused-ring (bicyclic) bond motifs is 1. The summed E-state index contributed by atoms with van der Waals surface area (Å²) in [5.74, 6) is -0.101. The van der Waals surface area contributed by atoms with Gasteiger partial charge >= 0.3 is 0 Å². The van der Waals surface area contributed by atoms with Crippen LogP contribution in [0.15, 0.2) is 36.4 Å². The van der Waals surface area contributed by atoms with Crippen LogP contribution in [0.25, 0.3) is 11.1 Å². The molecule has 0 saturated carbocycles. The van der Waals surface area contributed by atoms with Crippen molar-refractivity contribution in [1.82, 2.24) is 4.90 Å². The molecule has 0 fully saturated rings. The molecule has 4 N–H and O–H groups in total. The maximum atomic E-state index is 12.2. The van der Waals surface area contributed by atoms with E-state index in [1.54, 1.807) is 18.2 Å². The lowest BCUT2D eigenvalue weighted by Crippen LogP contribution is -2.43. The van der Waals surface area contributed by atoms with E-state index in [0.29, 0.717) is 22.9 Å². The lowest BCUT2D eigenvalue weighted by atomic mass is 10.0. The number of halogens is 1. The van der Waals surface area contributed by atoms with Crippen molar-refractivity contribution >= 4 is 17.5 Å². The molecule has 6 nitrogen and oxygen atoms in total. The highest BCUT2D eigenvalue weighted by atomic mass is 35.5. The van der Waals surface area contributed by atoms with Gasteiger partial charge in [-0.25, -0.2) is 0 Å². The number of amides is 1. The number of carbonyl (C=O) groups is 1. The Bertz CT molecular complexity index is 797. The predicted molar refractivity (Wildman–Crippen MR) is 94.5 cm³/mol. The standard InChI is InChI=1S/C18H19ClN2O4/c19-14-3-1-2-11(7-14)12-6-13-10-21(18(24)16(23)9-20)4-5-25-17(13)15(22)8-12/h1-3,6-8,16,22-23H,4-5,9-10,20H2/t16-/m1/s1. The van der Waals surface area contributed by atoms with Crippen LogP contribution in [0, 0.1) is 0 Å². The molecule has 132 valence electrons. The molecule has 0 bridgehead atoms. The molecule has 0 radical (unpaired) electrons. The Morgan fingerprint density at radius 2 is 2.12 bits per heavy atom. The first-order chi connectivity index (χ1) is 12.0. The third-order valence-electron chi connectivity index (χ3n) is 4.09. The Labute approximate surface area is 150 Å². The summed E-state index contributed by atoms with van der Waals surface area (Å²) in [6.45, 7) is 0.598. The number of aliphatic hydroxyl groups excluding tert-OH is 1. The number of aliphatic hydroxyl groups is 1. The van der Waals surface area contributed by atoms with E-state index in [-0.39, 0.29) is 25.4 Å². The highest BCUT2D eigenvalue weighted by Crippen LogP contribution is 2.38. The highest BCUT2D eigenvalue weighted by molar-refractivity contribution is 6.30. The zero-order chi connectivity index (χ0) is 18.0. The van der Waals surface area contributed by atoms with Gasteiger partial charge in [-0.2, -0.15) is 0 Å². The van der Waals surface area contributed by atoms with Crippen LogP contribution in [0.3, 0.4) is 0 Å². The molecule has 1 aliphatic rings. The molecule has 0 aliphatic carbocycles. The van der Waals surface area contributed by atoms with E-state index < -0.39 is 12.0 Å². The Kier molecular flexibility index (Phi) is 5.13. The fraction of sp³-hybridized carbons (Fsp3) is 0.278. The summed E-state index contributed by atoms with van der Waals surface area (Å²) in [5, 5.41) is 20.6. The van der Waals surface area contributed by atoms with E-state index in [0.717, 1.165) is 11.1 Å². The smallest absolute Gasteiger partial charge is 0.253 e. The number of aromatic hydroxyl groups is 1. The van der Waals surface area contributed by atoms with Crippen LogP contribution in [0.2, 0.25) is 5.02 Å². The fourth-order valence-corrected chi connectivity index (χ4v) is 3.02. The summed E-state index contributed by atoms with van der Waals surface area (Å²) in [6.07, 6.45) is -1.24. The van der Waals surface area contributed by atoms with E-state index in [9.17, 15) is 15.0 Å². The summed E-state index contributed by atoms with van der Waals surface area (Å²) in [4.78, 5) is 13.7. The SMILES string of the molecule is NC[C@@H](O)C(=O)N1CCOc2c(O)cc(-c3cccc(Cl)c3)cc2C1. The molecule has 7 heteroatoms. The molecule has 1 amide bonds. The molecule has 1 aliphatic heterocycles. The van der Waals surface area contributed by atoms with Crippen molar-refractivity contribution in [1.29, 1.82) is 0 Å². The van der Waals surface area contributed by atoms with Crippen LogP contribution >= 0.6 is 11.6 Å². The number of nitrogens with two attached hydrogens (primary N) is 1. The Balaban J connectivity index is 1.98. The van der Waals surface area contributed by atoms with E-state index in [2.05, 4.69) is 0 Å². The molecule has 3 rings (SSSR count). The normalized spacial score (nSPS) is 15.1. The predicted octanol–water partition coefficient (Wildman–Crippen LogP) is 1.75. The summed E-state index contributed by atoms with van der Waals surface area (Å²) < 4.78 is 5.60. The molecular formula is C18H19ClN2O4. The summed E-state index contributed by atoms with van der Waals surface area (Å²) in [7, 11) is 0. The number of nitrogens with zero attached hydrogens (tertiary/aromatic N) is 1. The lowest BCUT2D eigenvalue weighted by Gasteiger charge is -2.22. The van der Waals surface area contributed by atoms with Crippen LogP contribution in [-0.2, 0) is 11.3 Å². The molecule has 1 atom stereocenters. The van der Waals surface area contributed by atoms with E-state index in [1.807, 2.05) is 18.2 Å². The number of hydrogen-bond acceptors (Lipinski definition) is 5. The third-order valence-corrected chi connectivity index (χ3v) is 4.33. The monoisotopic (exact) mass is 362 g/mol. The zero-order valence-corrected chi connectivity index (χ0v) is 14.2. The second-order valence-corrected chi connectivity index (χ2v) is 6.29. The van der Waals surface area contributed by atoms with Crippen molar-refractivity contribution in [3.05, 3.63) is 47.0 Å². The van der Waals surface area contributed by atoms with Crippen LogP contribution in [-0.4, -0.2) is 46.8 Å². The van der Waals surface area contributed by atoms with E-state index in [4.69, 9.17) is 22.1 Å². The third kappa shape index (κ3) is 3.71. The summed E-state index contributed by atoms with van der Waals surface area (Å²) in [6, 6.07) is 10.7. The van der Waals surface area contributed by atoms with Crippen molar-refractivity contribution in [3.8, 4) is 22.6 Å². The highest BCUT2D eigenvalue weighted by Gasteiger charge is 2.26. The van der Waals surface area contributed by atoms with Crippen molar-refractivity contribution < 1.29 is 19.7 Å². The average molecular weight is 363 g/mol. The summed E-state index contributed by atoms with van der Waals surface area (Å²) >= 11 is 6.04. The largest absolute Gasteiger partial charge is 0.504 e. The van der Waals surface area contributed by atoms with Gasteiger partial charge in [0.1, 0.15) is 12.7 Å². The number of phenols is 1. The van der Waals surface area contributed by atoms with Crippen molar-refractivity contribution in [2.75, 3.05) is 19.7 Å². The minimum atomic E-state index is -1.24. The van der Waals surface area contributed by atoms with Gasteiger partial charge in [0, 0.05) is 23.7 Å². The van der Waals surface area contributed by atoms with Gasteiger partial charge in [-0.3, -0.25) is 4.79 Å². The van der Waals surface area contributed by atoms with Crippen LogP contribution in [0.4, 0.5) is 0 Å². The molecule has 25 heavy (non-hydrogen) atoms. The average Bonchev–Trinajstić information content (AvgIpc) is 2.83. The minimum Gasteiger partial charge on any atom is -0.504 e. The van der Waals surface area contributed by atoms with Gasteiger partial charge in [0.05, 0.1) is 6.54 Å². The molecule has 0 saturated heterocycles. The van der Waals surface area contributed by atoms with Gasteiger partial charge in [0.25, 0.3) is 5.91 Å². The van der Waals surface area contributed by atoms with E-state index in [1.165, 1.54) is 4.90 Å². The second-order valence-electron chi connectivity index (χ2n) is 5.85. The lowest BCUT2D eigenvalue weighted by molar-refractivity contribution is -0.140. The fourth-order valence-electron chi connectivity index (χ4n) is 2.83. The number of hydrogen-bond donors (Lipinski definition) is 3. The van der Waals surface area contributed by atoms with Gasteiger partial charge in [-0.05, 0) is 35.4 Å². The van der Waals surface area contributed by atoms with E-state index >= 15 is 0 Å². The van der Waals surface area contributed by atoms with Crippen molar-refractivity contribution in [3.63, 3.8) is 0 Å². The topological polar surface area (TPSA) is 96.0 Å². The molecule has 1 heterocycles. The quantitative estimate of drug-likeness (QED) is 0.773. The Hall–Kier alpha value is -2.28. The molecule has 0 unspecified atom stereocenters. The number of carbonyl (C=O) groups excluding carboxylic acids is 1.